The van der Waals surface area contributed by atoms with Crippen molar-refractivity contribution in [3.8, 4) is 0 Å². The fourth-order valence-corrected chi connectivity index (χ4v) is 9.12. The smallest absolute Gasteiger partial charge is 0.315 e. The number of unbranched alkanes of at least 4 members (excludes halogenated alkanes) is 1. The van der Waals surface area contributed by atoms with Gasteiger partial charge in [0.2, 0.25) is 17.6 Å². The molecule has 1 heterocycles. The van der Waals surface area contributed by atoms with E-state index in [2.05, 4.69) is 21.3 Å². The van der Waals surface area contributed by atoms with Crippen LogP contribution in [0.25, 0.3) is 0 Å². The first-order valence-corrected chi connectivity index (χ1v) is 20.4. The third kappa shape index (κ3) is 11.1. The lowest BCUT2D eigenvalue weighted by atomic mass is 9.83. The van der Waals surface area contributed by atoms with E-state index in [4.69, 9.17) is 4.74 Å². The maximum absolute atomic E-state index is 14.3. The minimum Gasteiger partial charge on any atom is -0.381 e. The van der Waals surface area contributed by atoms with Gasteiger partial charge in [-0.1, -0.05) is 66.7 Å². The van der Waals surface area contributed by atoms with Gasteiger partial charge in [-0.2, -0.15) is 0 Å². The molecule has 14 heteroatoms. The van der Waals surface area contributed by atoms with Crippen molar-refractivity contribution in [1.29, 1.82) is 0 Å². The molecule has 1 aliphatic heterocycles. The lowest BCUT2D eigenvalue weighted by Crippen LogP contribution is -2.64. The SMILES string of the molecule is CCCC[C@H](NC(=O)[C@H](C)N(CCC)C(=O)[C@@H](NC(=O)NC1(CS(=O)(=O)C2(C)CCOCC2)CCCCC1)C(C)(C)C)C(=O)C(=O)NC1CC1. The summed E-state index contributed by atoms with van der Waals surface area (Å²) in [5.41, 5.74) is -1.76. The Bertz CT molecular complexity index is 1310. The van der Waals surface area contributed by atoms with Gasteiger partial charge in [0.05, 0.1) is 22.1 Å². The Balaban J connectivity index is 1.78. The predicted molar refractivity (Wildman–Crippen MR) is 192 cm³/mol. The first kappa shape index (κ1) is 41.7. The van der Waals surface area contributed by atoms with Crippen molar-refractivity contribution in [3.63, 3.8) is 0 Å². The predicted octanol–water partition coefficient (Wildman–Crippen LogP) is 3.54. The van der Waals surface area contributed by atoms with Crippen LogP contribution in [-0.2, 0) is 33.8 Å². The molecule has 0 bridgehead atoms. The number of urea groups is 1. The number of carbonyl (C=O) groups is 5. The highest BCUT2D eigenvalue weighted by Crippen LogP contribution is 2.36. The molecule has 286 valence electrons. The number of amides is 5. The van der Waals surface area contributed by atoms with Gasteiger partial charge in [0.25, 0.3) is 5.91 Å². The van der Waals surface area contributed by atoms with E-state index in [1.54, 1.807) is 13.8 Å². The molecule has 2 saturated carbocycles. The van der Waals surface area contributed by atoms with Crippen LogP contribution in [0.2, 0.25) is 0 Å². The number of hydrogen-bond acceptors (Lipinski definition) is 8. The number of ether oxygens (including phenoxy) is 1. The summed E-state index contributed by atoms with van der Waals surface area (Å²) < 4.78 is 32.2. The second kappa shape index (κ2) is 17.7. The van der Waals surface area contributed by atoms with Crippen LogP contribution in [0.15, 0.2) is 0 Å². The van der Waals surface area contributed by atoms with Crippen molar-refractivity contribution in [2.24, 2.45) is 5.41 Å². The first-order chi connectivity index (χ1) is 23.4. The Morgan fingerprint density at radius 1 is 0.920 bits per heavy atom. The van der Waals surface area contributed by atoms with Crippen molar-refractivity contribution < 1.29 is 37.1 Å². The standard InChI is InChI=1S/C36H63N5O8S/c1-8-10-14-27(28(42)31(44)37-26-15-16-26)38-30(43)25(3)41(21-9-2)32(45)29(34(4,5)6)39-33(46)40-36(17-12-11-13-18-36)24-50(47,48)35(7)19-22-49-23-20-35/h25-27,29H,8-24H2,1-7H3,(H,37,44)(H,38,43)(H2,39,40,46)/t25-,27-,29+/m0/s1. The van der Waals surface area contributed by atoms with Crippen molar-refractivity contribution in [2.75, 3.05) is 25.5 Å². The van der Waals surface area contributed by atoms with E-state index >= 15 is 0 Å². The van der Waals surface area contributed by atoms with Crippen molar-refractivity contribution in [3.05, 3.63) is 0 Å². The quantitative estimate of drug-likeness (QED) is 0.165. The summed E-state index contributed by atoms with van der Waals surface area (Å²) in [6.07, 6.45) is 8.19. The van der Waals surface area contributed by atoms with Gasteiger partial charge in [-0.25, -0.2) is 13.2 Å². The van der Waals surface area contributed by atoms with Crippen LogP contribution >= 0.6 is 0 Å². The van der Waals surface area contributed by atoms with Crippen molar-refractivity contribution in [1.82, 2.24) is 26.2 Å². The zero-order chi connectivity index (χ0) is 37.3. The molecule has 50 heavy (non-hydrogen) atoms. The molecule has 1 saturated heterocycles. The van der Waals surface area contributed by atoms with Crippen molar-refractivity contribution >= 4 is 39.4 Å². The molecule has 13 nitrogen and oxygen atoms in total. The fraction of sp³-hybridized carbons (Fsp3) is 0.861. The third-order valence-corrected chi connectivity index (χ3v) is 13.4. The van der Waals surface area contributed by atoms with Crippen LogP contribution in [0.1, 0.15) is 132 Å². The summed E-state index contributed by atoms with van der Waals surface area (Å²) in [4.78, 5) is 68.8. The minimum absolute atomic E-state index is 0.00253. The molecule has 0 spiro atoms. The zero-order valence-electron chi connectivity index (χ0n) is 31.5. The molecular weight excluding hydrogens is 662 g/mol. The maximum Gasteiger partial charge on any atom is 0.315 e. The molecule has 3 fully saturated rings. The van der Waals surface area contributed by atoms with Gasteiger partial charge in [0.15, 0.2) is 9.84 Å². The summed E-state index contributed by atoms with van der Waals surface area (Å²) in [5.74, 6) is -2.63. The van der Waals surface area contributed by atoms with Crippen LogP contribution in [-0.4, -0.2) is 103 Å². The second-order valence-electron chi connectivity index (χ2n) is 16.1. The Hall–Kier alpha value is -2.74. The van der Waals surface area contributed by atoms with Gasteiger partial charge in [-0.15, -0.1) is 0 Å². The monoisotopic (exact) mass is 725 g/mol. The largest absolute Gasteiger partial charge is 0.381 e. The Labute approximate surface area is 299 Å². The van der Waals surface area contributed by atoms with Gasteiger partial charge < -0.3 is 30.9 Å². The van der Waals surface area contributed by atoms with E-state index in [9.17, 15) is 32.4 Å². The molecule has 5 amide bonds. The van der Waals surface area contributed by atoms with Crippen LogP contribution in [0.5, 0.6) is 0 Å². The Morgan fingerprint density at radius 2 is 1.54 bits per heavy atom. The molecule has 0 aromatic heterocycles. The van der Waals surface area contributed by atoms with E-state index in [-0.39, 0.29) is 18.3 Å². The first-order valence-electron chi connectivity index (χ1n) is 18.7. The van der Waals surface area contributed by atoms with Crippen LogP contribution < -0.4 is 21.3 Å². The zero-order valence-corrected chi connectivity index (χ0v) is 32.3. The van der Waals surface area contributed by atoms with E-state index in [1.807, 2.05) is 34.6 Å². The highest BCUT2D eigenvalue weighted by atomic mass is 32.2. The van der Waals surface area contributed by atoms with Gasteiger partial charge in [-0.05, 0) is 70.6 Å². The average molecular weight is 726 g/mol. The number of Topliss-reactive ketones (excluding diaryl/α,β-unsaturated/α-hetero) is 1. The topological polar surface area (TPSA) is 180 Å². The molecule has 2 aliphatic carbocycles. The summed E-state index contributed by atoms with van der Waals surface area (Å²) in [5, 5.41) is 11.3. The maximum atomic E-state index is 14.3. The van der Waals surface area contributed by atoms with E-state index in [1.165, 1.54) is 4.90 Å². The van der Waals surface area contributed by atoms with E-state index < -0.39 is 73.2 Å². The molecule has 3 rings (SSSR count). The number of carbonyl (C=O) groups excluding carboxylic acids is 5. The number of hydrogen-bond donors (Lipinski definition) is 4. The van der Waals surface area contributed by atoms with Crippen LogP contribution in [0.3, 0.4) is 0 Å². The van der Waals surface area contributed by atoms with Gasteiger partial charge in [-0.3, -0.25) is 19.2 Å². The van der Waals surface area contributed by atoms with E-state index in [0.29, 0.717) is 58.2 Å². The molecule has 0 aromatic rings. The molecule has 0 unspecified atom stereocenters. The molecule has 3 aliphatic rings. The lowest BCUT2D eigenvalue weighted by Gasteiger charge is -2.42. The van der Waals surface area contributed by atoms with Crippen LogP contribution in [0.4, 0.5) is 4.79 Å². The summed E-state index contributed by atoms with van der Waals surface area (Å²) in [6, 6.07) is -3.71. The van der Waals surface area contributed by atoms with Gasteiger partial charge in [0, 0.05) is 25.8 Å². The Kier molecular flexibility index (Phi) is 14.7. The normalized spacial score (nSPS) is 20.8. The average Bonchev–Trinajstić information content (AvgIpc) is 3.87. The molecule has 3 atom stereocenters. The fourth-order valence-electron chi connectivity index (χ4n) is 6.90. The highest BCUT2D eigenvalue weighted by molar-refractivity contribution is 7.92. The lowest BCUT2D eigenvalue weighted by molar-refractivity contribution is -0.145. The number of ketones is 1. The minimum atomic E-state index is -3.62. The Morgan fingerprint density at radius 3 is 2.08 bits per heavy atom. The van der Waals surface area contributed by atoms with Crippen LogP contribution in [0, 0.1) is 5.41 Å². The molecule has 0 radical (unpaired) electrons. The third-order valence-electron chi connectivity index (χ3n) is 10.6. The second-order valence-corrected chi connectivity index (χ2v) is 18.6. The van der Waals surface area contributed by atoms with Crippen molar-refractivity contribution in [2.45, 2.75) is 166 Å². The summed E-state index contributed by atoms with van der Waals surface area (Å²) in [6.45, 7) is 13.6. The number of sulfone groups is 1. The van der Waals surface area contributed by atoms with Gasteiger partial charge >= 0.3 is 6.03 Å². The van der Waals surface area contributed by atoms with E-state index in [0.717, 1.165) is 38.5 Å². The number of nitrogens with one attached hydrogen (secondary N) is 4. The molecular formula is C36H63N5O8S. The number of rotatable bonds is 17. The molecule has 0 aromatic carbocycles. The summed E-state index contributed by atoms with van der Waals surface area (Å²) >= 11 is 0. The summed E-state index contributed by atoms with van der Waals surface area (Å²) in [7, 11) is -3.62. The van der Waals surface area contributed by atoms with Gasteiger partial charge in [0.1, 0.15) is 12.1 Å². The highest BCUT2D eigenvalue weighted by Gasteiger charge is 2.48. The molecule has 4 N–H and O–H groups in total. The number of nitrogens with zero attached hydrogens (tertiary/aromatic N) is 1.